The highest BCUT2D eigenvalue weighted by molar-refractivity contribution is 5.84. The molecular weight excluding hydrogens is 198 g/mol. The number of aromatic hydroxyl groups is 2. The molecule has 0 aliphatic heterocycles. The zero-order valence-electron chi connectivity index (χ0n) is 7.39. The van der Waals surface area contributed by atoms with Gasteiger partial charge in [-0.25, -0.2) is 0 Å². The zero-order chi connectivity index (χ0) is 11.0. The van der Waals surface area contributed by atoms with Gasteiger partial charge in [0.25, 0.3) is 0 Å². The van der Waals surface area contributed by atoms with Crippen LogP contribution in [0.25, 0.3) is 11.0 Å². The molecule has 0 fully saturated rings. The lowest BCUT2D eigenvalue weighted by molar-refractivity contribution is 0.451. The SMILES string of the molecule is N#Cc1cc(=O)c2c(O)cc(O)cc2o1. The summed E-state index contributed by atoms with van der Waals surface area (Å²) in [6.45, 7) is 0. The second-order valence-electron chi connectivity index (χ2n) is 2.92. The third-order valence-electron chi connectivity index (χ3n) is 1.90. The van der Waals surface area contributed by atoms with Crippen molar-refractivity contribution in [2.24, 2.45) is 0 Å². The molecule has 0 saturated heterocycles. The van der Waals surface area contributed by atoms with Crippen molar-refractivity contribution >= 4 is 11.0 Å². The monoisotopic (exact) mass is 203 g/mol. The number of phenols is 2. The van der Waals surface area contributed by atoms with Crippen molar-refractivity contribution in [1.82, 2.24) is 0 Å². The molecule has 0 radical (unpaired) electrons. The molecule has 74 valence electrons. The van der Waals surface area contributed by atoms with Crippen molar-refractivity contribution in [3.63, 3.8) is 0 Å². The van der Waals surface area contributed by atoms with Crippen LogP contribution in [0.4, 0.5) is 0 Å². The second-order valence-corrected chi connectivity index (χ2v) is 2.92. The number of phenolic OH excluding ortho intramolecular Hbond substituents is 2. The molecule has 5 nitrogen and oxygen atoms in total. The molecule has 15 heavy (non-hydrogen) atoms. The van der Waals surface area contributed by atoms with Crippen molar-refractivity contribution in [3.05, 3.63) is 34.2 Å². The van der Waals surface area contributed by atoms with Crippen LogP contribution in [-0.4, -0.2) is 10.2 Å². The summed E-state index contributed by atoms with van der Waals surface area (Å²) in [7, 11) is 0. The van der Waals surface area contributed by atoms with E-state index in [0.29, 0.717) is 0 Å². The predicted molar refractivity (Wildman–Crippen MR) is 50.5 cm³/mol. The van der Waals surface area contributed by atoms with Crippen LogP contribution >= 0.6 is 0 Å². The highest BCUT2D eigenvalue weighted by atomic mass is 16.3. The van der Waals surface area contributed by atoms with E-state index in [0.717, 1.165) is 18.2 Å². The highest BCUT2D eigenvalue weighted by Gasteiger charge is 2.10. The van der Waals surface area contributed by atoms with E-state index in [2.05, 4.69) is 0 Å². The largest absolute Gasteiger partial charge is 0.508 e. The molecule has 0 aliphatic rings. The van der Waals surface area contributed by atoms with Gasteiger partial charge in [0.05, 0.1) is 0 Å². The number of hydrogen-bond acceptors (Lipinski definition) is 5. The Kier molecular flexibility index (Phi) is 1.83. The summed E-state index contributed by atoms with van der Waals surface area (Å²) >= 11 is 0. The van der Waals surface area contributed by atoms with Gasteiger partial charge in [0.1, 0.15) is 28.5 Å². The van der Waals surface area contributed by atoms with Crippen LogP contribution in [-0.2, 0) is 0 Å². The molecule has 2 rings (SSSR count). The quantitative estimate of drug-likeness (QED) is 0.667. The van der Waals surface area contributed by atoms with Crippen molar-refractivity contribution in [2.45, 2.75) is 0 Å². The lowest BCUT2D eigenvalue weighted by Gasteiger charge is -2.00. The molecule has 0 bridgehead atoms. The maximum Gasteiger partial charge on any atom is 0.207 e. The molecule has 0 aliphatic carbocycles. The van der Waals surface area contributed by atoms with E-state index < -0.39 is 5.43 Å². The van der Waals surface area contributed by atoms with Gasteiger partial charge in [0, 0.05) is 18.2 Å². The first-order valence-electron chi connectivity index (χ1n) is 4.02. The smallest absolute Gasteiger partial charge is 0.207 e. The van der Waals surface area contributed by atoms with Crippen LogP contribution < -0.4 is 5.43 Å². The van der Waals surface area contributed by atoms with E-state index in [1.54, 1.807) is 6.07 Å². The second kappa shape index (κ2) is 3.03. The van der Waals surface area contributed by atoms with Crippen molar-refractivity contribution in [3.8, 4) is 17.6 Å². The number of benzene rings is 1. The van der Waals surface area contributed by atoms with E-state index in [4.69, 9.17) is 14.8 Å². The molecule has 0 amide bonds. The maximum absolute atomic E-state index is 11.4. The Morgan fingerprint density at radius 2 is 2.00 bits per heavy atom. The number of hydrogen-bond donors (Lipinski definition) is 2. The summed E-state index contributed by atoms with van der Waals surface area (Å²) < 4.78 is 4.97. The average Bonchev–Trinajstić information content (AvgIpc) is 2.15. The van der Waals surface area contributed by atoms with Gasteiger partial charge in [0.2, 0.25) is 5.76 Å². The van der Waals surface area contributed by atoms with E-state index in [9.17, 15) is 9.90 Å². The first-order valence-corrected chi connectivity index (χ1v) is 4.02. The first kappa shape index (κ1) is 9.09. The van der Waals surface area contributed by atoms with Crippen LogP contribution in [0.5, 0.6) is 11.5 Å². The molecule has 1 aromatic heterocycles. The Morgan fingerprint density at radius 3 is 2.67 bits per heavy atom. The summed E-state index contributed by atoms with van der Waals surface area (Å²) in [6.07, 6.45) is 0. The lowest BCUT2D eigenvalue weighted by Crippen LogP contribution is -2.00. The molecule has 0 atom stereocenters. The number of fused-ring (bicyclic) bond motifs is 1. The molecule has 5 heteroatoms. The van der Waals surface area contributed by atoms with Crippen molar-refractivity contribution in [2.75, 3.05) is 0 Å². The number of nitrogens with zero attached hydrogens (tertiary/aromatic N) is 1. The summed E-state index contributed by atoms with van der Waals surface area (Å²) in [5.41, 5.74) is -0.540. The van der Waals surface area contributed by atoms with Crippen molar-refractivity contribution in [1.29, 1.82) is 5.26 Å². The van der Waals surface area contributed by atoms with Gasteiger partial charge in [-0.1, -0.05) is 0 Å². The van der Waals surface area contributed by atoms with Crippen LogP contribution in [0.15, 0.2) is 27.4 Å². The Morgan fingerprint density at radius 1 is 1.27 bits per heavy atom. The van der Waals surface area contributed by atoms with Gasteiger partial charge >= 0.3 is 0 Å². The van der Waals surface area contributed by atoms with Gasteiger partial charge in [-0.05, 0) is 0 Å². The predicted octanol–water partition coefficient (Wildman–Crippen LogP) is 1.08. The molecule has 2 aromatic rings. The summed E-state index contributed by atoms with van der Waals surface area (Å²) in [4.78, 5) is 11.4. The third kappa shape index (κ3) is 1.38. The Labute approximate surface area is 83.4 Å². The lowest BCUT2D eigenvalue weighted by atomic mass is 10.2. The van der Waals surface area contributed by atoms with Crippen LogP contribution in [0.2, 0.25) is 0 Å². The Hall–Kier alpha value is -2.48. The third-order valence-corrected chi connectivity index (χ3v) is 1.90. The van der Waals surface area contributed by atoms with Gasteiger partial charge in [-0.2, -0.15) is 5.26 Å². The normalized spacial score (nSPS) is 10.1. The maximum atomic E-state index is 11.4. The number of nitriles is 1. The zero-order valence-corrected chi connectivity index (χ0v) is 7.39. The highest BCUT2D eigenvalue weighted by Crippen LogP contribution is 2.27. The van der Waals surface area contributed by atoms with E-state index in [-0.39, 0.29) is 28.2 Å². The fourth-order valence-electron chi connectivity index (χ4n) is 1.31. The van der Waals surface area contributed by atoms with Gasteiger partial charge in [0.15, 0.2) is 5.43 Å². The van der Waals surface area contributed by atoms with Gasteiger partial charge in [-0.3, -0.25) is 4.79 Å². The summed E-state index contributed by atoms with van der Waals surface area (Å²) in [6, 6.07) is 4.85. The number of rotatable bonds is 0. The van der Waals surface area contributed by atoms with Crippen molar-refractivity contribution < 1.29 is 14.6 Å². The molecule has 1 aromatic carbocycles. The fourth-order valence-corrected chi connectivity index (χ4v) is 1.31. The van der Waals surface area contributed by atoms with Crippen LogP contribution in [0.3, 0.4) is 0 Å². The summed E-state index contributed by atoms with van der Waals surface area (Å²) in [5, 5.41) is 27.1. The standard InChI is InChI=1S/C10H5NO4/c11-4-6-3-8(14)10-7(13)1-5(12)2-9(10)15-6/h1-3,12-13H. The molecule has 0 unspecified atom stereocenters. The van der Waals surface area contributed by atoms with Gasteiger partial charge in [-0.15, -0.1) is 0 Å². The van der Waals surface area contributed by atoms with Gasteiger partial charge < -0.3 is 14.6 Å². The fraction of sp³-hybridized carbons (Fsp3) is 0. The summed E-state index contributed by atoms with van der Waals surface area (Å²) in [5.74, 6) is -0.779. The molecule has 0 spiro atoms. The minimum Gasteiger partial charge on any atom is -0.508 e. The first-order chi connectivity index (χ1) is 7.11. The Bertz CT molecular complexity index is 636. The van der Waals surface area contributed by atoms with Crippen LogP contribution in [0, 0.1) is 11.3 Å². The van der Waals surface area contributed by atoms with E-state index in [1.807, 2.05) is 0 Å². The van der Waals surface area contributed by atoms with E-state index >= 15 is 0 Å². The molecule has 0 saturated carbocycles. The molecular formula is C10H5NO4. The van der Waals surface area contributed by atoms with Crippen LogP contribution in [0.1, 0.15) is 5.76 Å². The Balaban J connectivity index is 2.99. The average molecular weight is 203 g/mol. The molecule has 1 heterocycles. The molecule has 2 N–H and O–H groups in total. The minimum atomic E-state index is -0.523. The van der Waals surface area contributed by atoms with E-state index in [1.165, 1.54) is 0 Å². The topological polar surface area (TPSA) is 94.5 Å². The minimum absolute atomic E-state index is 0.0171.